The van der Waals surface area contributed by atoms with E-state index in [0.717, 1.165) is 19.4 Å². The first-order valence-electron chi connectivity index (χ1n) is 5.80. The van der Waals surface area contributed by atoms with Gasteiger partial charge in [0, 0.05) is 25.6 Å². The highest BCUT2D eigenvalue weighted by molar-refractivity contribution is 5.78. The van der Waals surface area contributed by atoms with Crippen LogP contribution in [0.5, 0.6) is 0 Å². The van der Waals surface area contributed by atoms with E-state index in [1.54, 1.807) is 0 Å². The number of hydrogen-bond donors (Lipinski definition) is 2. The number of amides is 1. The van der Waals surface area contributed by atoms with Gasteiger partial charge in [-0.25, -0.2) is 0 Å². The molecule has 2 fully saturated rings. The molecular formula is C11H20N2O2. The molecule has 2 rings (SSSR count). The first-order chi connectivity index (χ1) is 7.22. The number of nitrogens with two attached hydrogens (primary N) is 1. The van der Waals surface area contributed by atoms with E-state index < -0.39 is 0 Å². The highest BCUT2D eigenvalue weighted by Crippen LogP contribution is 2.48. The molecule has 1 heterocycles. The van der Waals surface area contributed by atoms with Gasteiger partial charge in [0.05, 0.1) is 6.54 Å². The van der Waals surface area contributed by atoms with Gasteiger partial charge in [-0.3, -0.25) is 4.79 Å². The molecule has 0 unspecified atom stereocenters. The fourth-order valence-electron chi connectivity index (χ4n) is 3.25. The van der Waals surface area contributed by atoms with Crippen LogP contribution in [0.4, 0.5) is 0 Å². The van der Waals surface area contributed by atoms with E-state index >= 15 is 0 Å². The molecule has 1 amide bonds. The Morgan fingerprint density at radius 3 is 2.67 bits per heavy atom. The molecule has 0 aromatic rings. The number of rotatable bonds is 2. The molecule has 2 aliphatic rings. The molecular weight excluding hydrogens is 192 g/mol. The van der Waals surface area contributed by atoms with Crippen LogP contribution < -0.4 is 5.73 Å². The first kappa shape index (κ1) is 10.9. The summed E-state index contributed by atoms with van der Waals surface area (Å²) in [6.07, 6.45) is 4.79. The minimum absolute atomic E-state index is 0.0252. The number of nitrogens with zero attached hydrogens (tertiary/aromatic N) is 1. The number of likely N-dealkylation sites (tertiary alicyclic amines) is 1. The summed E-state index contributed by atoms with van der Waals surface area (Å²) in [7, 11) is 0. The summed E-state index contributed by atoms with van der Waals surface area (Å²) >= 11 is 0. The lowest BCUT2D eigenvalue weighted by Crippen LogP contribution is -2.35. The van der Waals surface area contributed by atoms with Gasteiger partial charge < -0.3 is 15.7 Å². The van der Waals surface area contributed by atoms with Crippen molar-refractivity contribution < 1.29 is 9.90 Å². The Kier molecular flexibility index (Phi) is 2.98. The Morgan fingerprint density at radius 2 is 2.13 bits per heavy atom. The van der Waals surface area contributed by atoms with Crippen LogP contribution >= 0.6 is 0 Å². The Hall–Kier alpha value is -0.610. The van der Waals surface area contributed by atoms with Crippen molar-refractivity contribution in [3.05, 3.63) is 0 Å². The summed E-state index contributed by atoms with van der Waals surface area (Å²) in [5.74, 6) is 0.299. The van der Waals surface area contributed by atoms with E-state index in [4.69, 9.17) is 5.73 Å². The Labute approximate surface area is 90.4 Å². The third-order valence-corrected chi connectivity index (χ3v) is 4.16. The predicted molar refractivity (Wildman–Crippen MR) is 57.1 cm³/mol. The number of aliphatic hydroxyl groups is 1. The van der Waals surface area contributed by atoms with Crippen molar-refractivity contribution >= 4 is 5.91 Å². The van der Waals surface area contributed by atoms with E-state index in [1.165, 1.54) is 12.8 Å². The van der Waals surface area contributed by atoms with Gasteiger partial charge in [0.1, 0.15) is 0 Å². The van der Waals surface area contributed by atoms with Crippen molar-refractivity contribution in [2.75, 3.05) is 26.2 Å². The van der Waals surface area contributed by atoms with Gasteiger partial charge in [0.15, 0.2) is 0 Å². The molecule has 0 aromatic heterocycles. The van der Waals surface area contributed by atoms with Crippen molar-refractivity contribution in [1.82, 2.24) is 4.90 Å². The third kappa shape index (κ3) is 1.76. The molecule has 0 bridgehead atoms. The van der Waals surface area contributed by atoms with Crippen LogP contribution in [0.2, 0.25) is 0 Å². The summed E-state index contributed by atoms with van der Waals surface area (Å²) in [4.78, 5) is 13.4. The number of aliphatic hydroxyl groups excluding tert-OH is 1. The smallest absolute Gasteiger partial charge is 0.236 e. The fraction of sp³-hybridized carbons (Fsp3) is 0.909. The summed E-state index contributed by atoms with van der Waals surface area (Å²) in [5.41, 5.74) is 5.58. The molecule has 1 saturated carbocycles. The second-order valence-corrected chi connectivity index (χ2v) is 4.93. The van der Waals surface area contributed by atoms with Crippen LogP contribution in [0.15, 0.2) is 0 Å². The topological polar surface area (TPSA) is 66.6 Å². The second kappa shape index (κ2) is 4.10. The number of carbonyl (C=O) groups excluding carboxylic acids is 1. The summed E-state index contributed by atoms with van der Waals surface area (Å²) in [5, 5.41) is 9.39. The Bertz CT molecular complexity index is 249. The van der Waals surface area contributed by atoms with E-state index in [0.29, 0.717) is 6.54 Å². The van der Waals surface area contributed by atoms with Crippen LogP contribution in [0.3, 0.4) is 0 Å². The Balaban J connectivity index is 2.09. The van der Waals surface area contributed by atoms with Crippen molar-refractivity contribution in [3.8, 4) is 0 Å². The standard InChI is InChI=1S/C11H20N2O2/c12-5-10(15)13-6-9(7-14)11(8-13)3-1-2-4-11/h9,14H,1-8,12H2/t9-/m1/s1. The molecule has 1 saturated heterocycles. The summed E-state index contributed by atoms with van der Waals surface area (Å²) < 4.78 is 0. The fourth-order valence-corrected chi connectivity index (χ4v) is 3.25. The average Bonchev–Trinajstić information content (AvgIpc) is 2.86. The van der Waals surface area contributed by atoms with E-state index in [1.807, 2.05) is 4.90 Å². The largest absolute Gasteiger partial charge is 0.396 e. The van der Waals surface area contributed by atoms with Crippen LogP contribution in [0.1, 0.15) is 25.7 Å². The zero-order valence-electron chi connectivity index (χ0n) is 9.11. The van der Waals surface area contributed by atoms with Gasteiger partial charge >= 0.3 is 0 Å². The maximum Gasteiger partial charge on any atom is 0.236 e. The minimum atomic E-state index is 0.0252. The predicted octanol–water partition coefficient (Wildman–Crippen LogP) is -0.0438. The second-order valence-electron chi connectivity index (χ2n) is 4.93. The van der Waals surface area contributed by atoms with Crippen LogP contribution in [0, 0.1) is 11.3 Å². The van der Waals surface area contributed by atoms with Gasteiger partial charge in [0.2, 0.25) is 5.91 Å². The average molecular weight is 212 g/mol. The van der Waals surface area contributed by atoms with Crippen LogP contribution in [-0.2, 0) is 4.79 Å². The van der Waals surface area contributed by atoms with Gasteiger partial charge in [0.25, 0.3) is 0 Å². The molecule has 15 heavy (non-hydrogen) atoms. The van der Waals surface area contributed by atoms with Gasteiger partial charge in [-0.1, -0.05) is 12.8 Å². The van der Waals surface area contributed by atoms with E-state index in [9.17, 15) is 9.90 Å². The lowest BCUT2D eigenvalue weighted by molar-refractivity contribution is -0.129. The van der Waals surface area contributed by atoms with Crippen molar-refractivity contribution in [3.63, 3.8) is 0 Å². The quantitative estimate of drug-likeness (QED) is 0.675. The van der Waals surface area contributed by atoms with Crippen LogP contribution in [-0.4, -0.2) is 42.2 Å². The summed E-state index contributed by atoms with van der Waals surface area (Å²) in [6.45, 7) is 1.81. The molecule has 1 aliphatic heterocycles. The molecule has 4 nitrogen and oxygen atoms in total. The molecule has 1 atom stereocenters. The number of hydrogen-bond acceptors (Lipinski definition) is 3. The number of carbonyl (C=O) groups is 1. The maximum atomic E-state index is 11.5. The van der Waals surface area contributed by atoms with Crippen LogP contribution in [0.25, 0.3) is 0 Å². The van der Waals surface area contributed by atoms with Crippen molar-refractivity contribution in [1.29, 1.82) is 0 Å². The Morgan fingerprint density at radius 1 is 1.47 bits per heavy atom. The normalized spacial score (nSPS) is 28.9. The molecule has 1 spiro atoms. The molecule has 86 valence electrons. The lowest BCUT2D eigenvalue weighted by atomic mass is 9.77. The van der Waals surface area contributed by atoms with E-state index in [2.05, 4.69) is 0 Å². The van der Waals surface area contributed by atoms with Gasteiger partial charge in [-0.2, -0.15) is 0 Å². The minimum Gasteiger partial charge on any atom is -0.396 e. The monoisotopic (exact) mass is 212 g/mol. The molecule has 1 aliphatic carbocycles. The molecule has 3 N–H and O–H groups in total. The highest BCUT2D eigenvalue weighted by atomic mass is 16.3. The van der Waals surface area contributed by atoms with Gasteiger partial charge in [-0.05, 0) is 18.3 Å². The third-order valence-electron chi connectivity index (χ3n) is 4.16. The molecule has 4 heteroatoms. The van der Waals surface area contributed by atoms with Crippen molar-refractivity contribution in [2.24, 2.45) is 17.1 Å². The molecule has 0 aromatic carbocycles. The van der Waals surface area contributed by atoms with E-state index in [-0.39, 0.29) is 30.4 Å². The lowest BCUT2D eigenvalue weighted by Gasteiger charge is -2.28. The molecule has 0 radical (unpaired) electrons. The zero-order valence-corrected chi connectivity index (χ0v) is 9.11. The first-order valence-corrected chi connectivity index (χ1v) is 5.80. The SMILES string of the molecule is NCC(=O)N1C[C@H](CO)C2(CCCC2)C1. The van der Waals surface area contributed by atoms with Crippen molar-refractivity contribution in [2.45, 2.75) is 25.7 Å². The summed E-state index contributed by atoms with van der Waals surface area (Å²) in [6, 6.07) is 0. The maximum absolute atomic E-state index is 11.5. The van der Waals surface area contributed by atoms with Gasteiger partial charge in [-0.15, -0.1) is 0 Å². The highest BCUT2D eigenvalue weighted by Gasteiger charge is 2.48. The zero-order chi connectivity index (χ0) is 10.9.